The Labute approximate surface area is 151 Å². The molecule has 25 heavy (non-hydrogen) atoms. The number of nitrogens with one attached hydrogen (secondary N) is 2. The molecule has 2 heterocycles. The molecule has 2 amide bonds. The second-order valence-corrected chi connectivity index (χ2v) is 7.19. The Kier molecular flexibility index (Phi) is 5.28. The first kappa shape index (κ1) is 17.4. The van der Waals surface area contributed by atoms with Gasteiger partial charge in [0.25, 0.3) is 0 Å². The van der Waals surface area contributed by atoms with Crippen molar-refractivity contribution >= 4 is 28.3 Å². The number of rotatable bonds is 6. The molecule has 2 aromatic heterocycles. The second-order valence-electron chi connectivity index (χ2n) is 5.82. The van der Waals surface area contributed by atoms with Crippen LogP contribution in [0.3, 0.4) is 0 Å². The average Bonchev–Trinajstić information content (AvgIpc) is 3.20. The fourth-order valence-electron chi connectivity index (χ4n) is 2.61. The van der Waals surface area contributed by atoms with Crippen LogP contribution in [0.4, 0.5) is 4.79 Å². The minimum absolute atomic E-state index is 0.218. The smallest absolute Gasteiger partial charge is 0.315 e. The summed E-state index contributed by atoms with van der Waals surface area (Å²) in [6, 6.07) is 11.3. The summed E-state index contributed by atoms with van der Waals surface area (Å²) in [6.07, 6.45) is 0. The molecule has 0 fully saturated rings. The summed E-state index contributed by atoms with van der Waals surface area (Å²) in [5.41, 5.74) is 0.711. The molecule has 1 unspecified atom stereocenters. The van der Waals surface area contributed by atoms with Gasteiger partial charge in [-0.15, -0.1) is 11.3 Å². The number of thiophene rings is 1. The number of carbonyl (C=O) groups is 1. The van der Waals surface area contributed by atoms with E-state index in [1.54, 1.807) is 11.3 Å². The second kappa shape index (κ2) is 7.61. The highest BCUT2D eigenvalue weighted by Gasteiger charge is 2.16. The molecule has 132 valence electrons. The molecule has 0 bridgehead atoms. The van der Waals surface area contributed by atoms with Gasteiger partial charge in [0.05, 0.1) is 19.2 Å². The van der Waals surface area contributed by atoms with E-state index in [0.717, 1.165) is 16.0 Å². The van der Waals surface area contributed by atoms with Gasteiger partial charge in [-0.3, -0.25) is 0 Å². The Morgan fingerprint density at radius 1 is 1.32 bits per heavy atom. The van der Waals surface area contributed by atoms with Crippen LogP contribution in [0.5, 0.6) is 5.75 Å². The zero-order valence-electron chi connectivity index (χ0n) is 14.6. The molecule has 0 spiro atoms. The van der Waals surface area contributed by atoms with E-state index in [2.05, 4.69) is 10.6 Å². The fourth-order valence-corrected chi connectivity index (χ4v) is 3.44. The van der Waals surface area contributed by atoms with E-state index in [9.17, 15) is 4.79 Å². The molecular formula is C19H22N2O3S. The lowest BCUT2D eigenvalue weighted by Gasteiger charge is -2.12. The first-order chi connectivity index (χ1) is 12.1. The summed E-state index contributed by atoms with van der Waals surface area (Å²) in [7, 11) is 0. The summed E-state index contributed by atoms with van der Waals surface area (Å²) >= 11 is 1.68. The van der Waals surface area contributed by atoms with Gasteiger partial charge in [0.2, 0.25) is 0 Å². The third kappa shape index (κ3) is 4.14. The molecule has 6 heteroatoms. The van der Waals surface area contributed by atoms with Gasteiger partial charge in [0.15, 0.2) is 11.3 Å². The Hall–Kier alpha value is -2.47. The zero-order valence-corrected chi connectivity index (χ0v) is 15.4. The van der Waals surface area contributed by atoms with Crippen LogP contribution in [0.25, 0.3) is 11.0 Å². The summed E-state index contributed by atoms with van der Waals surface area (Å²) < 4.78 is 11.5. The highest BCUT2D eigenvalue weighted by Crippen LogP contribution is 2.31. The Bertz CT molecular complexity index is 869. The molecule has 0 aliphatic heterocycles. The van der Waals surface area contributed by atoms with Crippen LogP contribution in [0, 0.1) is 6.92 Å². The fraction of sp³-hybridized carbons (Fsp3) is 0.316. The number of carbonyl (C=O) groups excluding carboxylic acids is 1. The lowest BCUT2D eigenvalue weighted by Crippen LogP contribution is -2.36. The van der Waals surface area contributed by atoms with Crippen molar-refractivity contribution in [1.82, 2.24) is 10.6 Å². The van der Waals surface area contributed by atoms with Gasteiger partial charge in [0.1, 0.15) is 5.76 Å². The van der Waals surface area contributed by atoms with Crippen LogP contribution < -0.4 is 15.4 Å². The summed E-state index contributed by atoms with van der Waals surface area (Å²) in [5.74, 6) is 1.42. The number of benzene rings is 1. The third-order valence-corrected chi connectivity index (χ3v) is 4.82. The van der Waals surface area contributed by atoms with Crippen molar-refractivity contribution in [3.05, 3.63) is 51.9 Å². The minimum atomic E-state index is -0.244. The maximum atomic E-state index is 12.1. The summed E-state index contributed by atoms with van der Waals surface area (Å²) in [6.45, 7) is 6.98. The maximum Gasteiger partial charge on any atom is 0.315 e. The van der Waals surface area contributed by atoms with Crippen LogP contribution >= 0.6 is 11.3 Å². The van der Waals surface area contributed by atoms with E-state index >= 15 is 0 Å². The van der Waals surface area contributed by atoms with Gasteiger partial charge in [-0.05, 0) is 45.0 Å². The number of para-hydroxylation sites is 1. The number of hydrogen-bond donors (Lipinski definition) is 2. The minimum Gasteiger partial charge on any atom is -0.490 e. The van der Waals surface area contributed by atoms with Crippen LogP contribution in [-0.2, 0) is 6.54 Å². The van der Waals surface area contributed by atoms with Crippen LogP contribution in [0.2, 0.25) is 0 Å². The molecule has 5 nitrogen and oxygen atoms in total. The van der Waals surface area contributed by atoms with Crippen molar-refractivity contribution in [2.45, 2.75) is 33.4 Å². The van der Waals surface area contributed by atoms with E-state index in [0.29, 0.717) is 24.5 Å². The van der Waals surface area contributed by atoms with Gasteiger partial charge in [-0.1, -0.05) is 12.1 Å². The zero-order chi connectivity index (χ0) is 17.8. The molecule has 3 rings (SSSR count). The van der Waals surface area contributed by atoms with E-state index in [1.165, 1.54) is 4.88 Å². The Morgan fingerprint density at radius 3 is 2.88 bits per heavy atom. The van der Waals surface area contributed by atoms with Crippen LogP contribution in [0.1, 0.15) is 35.4 Å². The summed E-state index contributed by atoms with van der Waals surface area (Å²) in [5, 5.41) is 6.74. The van der Waals surface area contributed by atoms with Crippen LogP contribution in [-0.4, -0.2) is 12.6 Å². The van der Waals surface area contributed by atoms with Gasteiger partial charge < -0.3 is 19.8 Å². The monoisotopic (exact) mass is 358 g/mol. The van der Waals surface area contributed by atoms with Crippen molar-refractivity contribution in [3.8, 4) is 5.75 Å². The number of amides is 2. The van der Waals surface area contributed by atoms with E-state index in [4.69, 9.17) is 9.15 Å². The molecule has 0 saturated heterocycles. The largest absolute Gasteiger partial charge is 0.490 e. The molecular weight excluding hydrogens is 336 g/mol. The third-order valence-electron chi connectivity index (χ3n) is 3.82. The first-order valence-corrected chi connectivity index (χ1v) is 9.13. The maximum absolute atomic E-state index is 12.1. The highest BCUT2D eigenvalue weighted by molar-refractivity contribution is 7.11. The van der Waals surface area contributed by atoms with Gasteiger partial charge in [0, 0.05) is 15.1 Å². The molecule has 0 saturated carbocycles. The van der Waals surface area contributed by atoms with Crippen molar-refractivity contribution < 1.29 is 13.9 Å². The molecule has 1 atom stereocenters. The number of ether oxygens (including phenoxy) is 1. The average molecular weight is 358 g/mol. The topological polar surface area (TPSA) is 63.5 Å². The first-order valence-electron chi connectivity index (χ1n) is 8.31. The van der Waals surface area contributed by atoms with Crippen molar-refractivity contribution in [1.29, 1.82) is 0 Å². The number of fused-ring (bicyclic) bond motifs is 1. The number of furan rings is 1. The van der Waals surface area contributed by atoms with Crippen molar-refractivity contribution in [3.63, 3.8) is 0 Å². The SMILES string of the molecule is CCOc1cccc2cc(C(C)NC(=O)NCc3ccc(C)s3)oc12. The number of hydrogen-bond acceptors (Lipinski definition) is 4. The number of urea groups is 1. The van der Waals surface area contributed by atoms with E-state index < -0.39 is 0 Å². The Morgan fingerprint density at radius 2 is 2.16 bits per heavy atom. The molecule has 3 aromatic rings. The van der Waals surface area contributed by atoms with Crippen molar-refractivity contribution in [2.75, 3.05) is 6.61 Å². The molecule has 2 N–H and O–H groups in total. The van der Waals surface area contributed by atoms with Gasteiger partial charge in [-0.25, -0.2) is 4.79 Å². The normalized spacial score (nSPS) is 12.1. The van der Waals surface area contributed by atoms with E-state index in [-0.39, 0.29) is 12.1 Å². The standard InChI is InChI=1S/C19H22N2O3S/c1-4-23-16-7-5-6-14-10-17(24-18(14)16)13(3)21-19(22)20-11-15-9-8-12(2)25-15/h5-10,13H,4,11H2,1-3H3,(H2,20,21,22). The number of aryl methyl sites for hydroxylation is 1. The predicted octanol–water partition coefficient (Wildman–Crippen LogP) is 4.76. The van der Waals surface area contributed by atoms with Gasteiger partial charge >= 0.3 is 6.03 Å². The van der Waals surface area contributed by atoms with Crippen molar-refractivity contribution in [2.24, 2.45) is 0 Å². The molecule has 1 aromatic carbocycles. The van der Waals surface area contributed by atoms with E-state index in [1.807, 2.05) is 57.2 Å². The summed E-state index contributed by atoms with van der Waals surface area (Å²) in [4.78, 5) is 14.5. The molecule has 0 aliphatic carbocycles. The van der Waals surface area contributed by atoms with Crippen LogP contribution in [0.15, 0.2) is 40.8 Å². The Balaban J connectivity index is 1.64. The predicted molar refractivity (Wildman–Crippen MR) is 100 cm³/mol. The molecule has 0 radical (unpaired) electrons. The molecule has 0 aliphatic rings. The quantitative estimate of drug-likeness (QED) is 0.668. The van der Waals surface area contributed by atoms with Gasteiger partial charge in [-0.2, -0.15) is 0 Å². The lowest BCUT2D eigenvalue weighted by atomic mass is 10.2. The lowest BCUT2D eigenvalue weighted by molar-refractivity contribution is 0.236. The highest BCUT2D eigenvalue weighted by atomic mass is 32.1.